The van der Waals surface area contributed by atoms with E-state index in [1.54, 1.807) is 19.1 Å². The van der Waals surface area contributed by atoms with Crippen LogP contribution in [-0.4, -0.2) is 90.4 Å². The van der Waals surface area contributed by atoms with Gasteiger partial charge in [0.25, 0.3) is 0 Å². The topological polar surface area (TPSA) is 102 Å². The number of unbranched alkanes of at least 4 members (excludes halogenated alkanes) is 6. The number of hydrogen-bond donors (Lipinski definition) is 1. The molecule has 40 heavy (non-hydrogen) atoms. The summed E-state index contributed by atoms with van der Waals surface area (Å²) in [5.74, 6) is 0.684. The number of carbonyl (C=O) groups is 1. The monoisotopic (exact) mass is 568 g/mol. The lowest BCUT2D eigenvalue weighted by Crippen LogP contribution is -2.15. The lowest BCUT2D eigenvalue weighted by Gasteiger charge is -2.11. The molecule has 0 radical (unpaired) electrons. The van der Waals surface area contributed by atoms with E-state index in [-0.39, 0.29) is 6.61 Å². The zero-order valence-electron chi connectivity index (χ0n) is 24.8. The normalized spacial score (nSPS) is 11.1. The Morgan fingerprint density at radius 3 is 1.70 bits per heavy atom. The van der Waals surface area contributed by atoms with Crippen LogP contribution in [0.5, 0.6) is 11.5 Å². The maximum absolute atomic E-state index is 11.2. The van der Waals surface area contributed by atoms with Crippen LogP contribution >= 0.6 is 0 Å². The van der Waals surface area contributed by atoms with E-state index < -0.39 is 5.97 Å². The van der Waals surface area contributed by atoms with Crippen LogP contribution in [0.25, 0.3) is 0 Å². The molecule has 1 aromatic rings. The van der Waals surface area contributed by atoms with Gasteiger partial charge in [-0.25, -0.2) is 4.79 Å². The molecule has 0 heterocycles. The van der Waals surface area contributed by atoms with Gasteiger partial charge in [-0.2, -0.15) is 0 Å². The van der Waals surface area contributed by atoms with Crippen LogP contribution < -0.4 is 4.74 Å². The second-order valence-corrected chi connectivity index (χ2v) is 9.49. The molecule has 0 atom stereocenters. The molecule has 0 bridgehead atoms. The van der Waals surface area contributed by atoms with E-state index in [1.807, 2.05) is 6.07 Å². The molecule has 0 spiro atoms. The van der Waals surface area contributed by atoms with Gasteiger partial charge in [-0.15, -0.1) is 0 Å². The Morgan fingerprint density at radius 1 is 0.700 bits per heavy atom. The zero-order chi connectivity index (χ0) is 29.1. The predicted molar refractivity (Wildman–Crippen MR) is 155 cm³/mol. The molecular formula is C31H52O9. The lowest BCUT2D eigenvalue weighted by molar-refractivity contribution is -0.140. The molecule has 0 amide bonds. The highest BCUT2D eigenvalue weighted by Gasteiger charge is 2.05. The maximum atomic E-state index is 11.2. The van der Waals surface area contributed by atoms with Gasteiger partial charge in [0, 0.05) is 5.57 Å². The third-order valence-corrected chi connectivity index (χ3v) is 5.89. The van der Waals surface area contributed by atoms with Crippen molar-refractivity contribution in [3.05, 3.63) is 35.9 Å². The number of rotatable bonds is 28. The summed E-state index contributed by atoms with van der Waals surface area (Å²) in [5, 5.41) is 10.1. The summed E-state index contributed by atoms with van der Waals surface area (Å²) in [4.78, 5) is 11.2. The second kappa shape index (κ2) is 25.8. The van der Waals surface area contributed by atoms with Gasteiger partial charge in [-0.05, 0) is 43.5 Å². The third-order valence-electron chi connectivity index (χ3n) is 5.89. The molecule has 9 nitrogen and oxygen atoms in total. The van der Waals surface area contributed by atoms with Gasteiger partial charge in [-0.1, -0.05) is 52.0 Å². The SMILES string of the molecule is C=C(C)C(=O)OCCOCCOCCOCCOCCOCCOc1ccc(O)c(CCCCCCCCC)c1. The van der Waals surface area contributed by atoms with Gasteiger partial charge in [0.2, 0.25) is 0 Å². The number of carbonyl (C=O) groups excluding carboxylic acids is 1. The molecule has 230 valence electrons. The molecule has 0 saturated heterocycles. The van der Waals surface area contributed by atoms with Gasteiger partial charge in [0.05, 0.1) is 66.1 Å². The van der Waals surface area contributed by atoms with E-state index in [1.165, 1.54) is 38.5 Å². The minimum Gasteiger partial charge on any atom is -0.508 e. The third kappa shape index (κ3) is 20.7. The molecule has 0 fully saturated rings. The minimum absolute atomic E-state index is 0.202. The molecule has 0 aliphatic heterocycles. The van der Waals surface area contributed by atoms with Crippen molar-refractivity contribution >= 4 is 5.97 Å². The fourth-order valence-corrected chi connectivity index (χ4v) is 3.64. The van der Waals surface area contributed by atoms with Gasteiger partial charge in [-0.3, -0.25) is 0 Å². The predicted octanol–water partition coefficient (Wildman–Crippen LogP) is 5.27. The number of esters is 1. The van der Waals surface area contributed by atoms with E-state index in [4.69, 9.17) is 33.2 Å². The summed E-state index contributed by atoms with van der Waals surface area (Å²) in [5.41, 5.74) is 1.32. The van der Waals surface area contributed by atoms with Gasteiger partial charge < -0.3 is 38.3 Å². The van der Waals surface area contributed by atoms with Crippen molar-refractivity contribution in [3.8, 4) is 11.5 Å². The summed E-state index contributed by atoms with van der Waals surface area (Å²) < 4.78 is 37.9. The summed E-state index contributed by atoms with van der Waals surface area (Å²) in [7, 11) is 0. The van der Waals surface area contributed by atoms with Crippen LogP contribution in [0.4, 0.5) is 0 Å². The smallest absolute Gasteiger partial charge is 0.333 e. The van der Waals surface area contributed by atoms with Gasteiger partial charge in [0.15, 0.2) is 0 Å². The first kappa shape index (κ1) is 35.9. The Hall–Kier alpha value is -2.17. The highest BCUT2D eigenvalue weighted by atomic mass is 16.6. The Balaban J connectivity index is 1.88. The van der Waals surface area contributed by atoms with Crippen LogP contribution in [0.1, 0.15) is 64.4 Å². The first-order valence-corrected chi connectivity index (χ1v) is 14.7. The standard InChI is InChI=1S/C31H52O9/c1-4-5-6-7-8-9-10-11-28-26-29(12-13-30(28)32)39-24-22-37-20-18-35-16-14-34-15-17-36-19-21-38-23-25-40-31(33)27(2)3/h12-13,26,32H,2,4-11,14-25H2,1,3H3. The van der Waals surface area contributed by atoms with Crippen molar-refractivity contribution in [2.45, 2.75) is 65.2 Å². The number of phenolic OH excluding ortho intramolecular Hbond substituents is 1. The number of aromatic hydroxyl groups is 1. The molecule has 9 heteroatoms. The zero-order valence-corrected chi connectivity index (χ0v) is 24.8. The van der Waals surface area contributed by atoms with E-state index in [0.717, 1.165) is 24.2 Å². The van der Waals surface area contributed by atoms with Gasteiger partial charge in [0.1, 0.15) is 24.7 Å². The van der Waals surface area contributed by atoms with E-state index >= 15 is 0 Å². The maximum Gasteiger partial charge on any atom is 0.333 e. The summed E-state index contributed by atoms with van der Waals surface area (Å²) in [6.45, 7) is 12.5. The van der Waals surface area contributed by atoms with Crippen molar-refractivity contribution < 1.29 is 43.1 Å². The number of hydrogen-bond acceptors (Lipinski definition) is 9. The van der Waals surface area contributed by atoms with Crippen LogP contribution in [0.15, 0.2) is 30.4 Å². The second-order valence-electron chi connectivity index (χ2n) is 9.49. The largest absolute Gasteiger partial charge is 0.508 e. The first-order chi connectivity index (χ1) is 19.5. The Labute approximate surface area is 241 Å². The van der Waals surface area contributed by atoms with Crippen molar-refractivity contribution in [1.29, 1.82) is 0 Å². The van der Waals surface area contributed by atoms with Crippen LogP contribution in [0.3, 0.4) is 0 Å². The van der Waals surface area contributed by atoms with Crippen molar-refractivity contribution in [2.24, 2.45) is 0 Å². The molecule has 1 rings (SSSR count). The Kier molecular flexibility index (Phi) is 23.1. The number of benzene rings is 1. The molecule has 1 aromatic carbocycles. The highest BCUT2D eigenvalue weighted by Crippen LogP contribution is 2.25. The van der Waals surface area contributed by atoms with Crippen molar-refractivity contribution in [1.82, 2.24) is 0 Å². The number of aryl methyl sites for hydroxylation is 1. The summed E-state index contributed by atoms with van der Waals surface area (Å²) in [6.07, 6.45) is 9.62. The Morgan fingerprint density at radius 2 is 1.18 bits per heavy atom. The minimum atomic E-state index is -0.410. The van der Waals surface area contributed by atoms with Crippen LogP contribution in [0.2, 0.25) is 0 Å². The fourth-order valence-electron chi connectivity index (χ4n) is 3.64. The quantitative estimate of drug-likeness (QED) is 0.0823. The summed E-state index contributed by atoms with van der Waals surface area (Å²) >= 11 is 0. The van der Waals surface area contributed by atoms with Gasteiger partial charge >= 0.3 is 5.97 Å². The highest BCUT2D eigenvalue weighted by molar-refractivity contribution is 5.86. The number of ether oxygens (including phenoxy) is 7. The first-order valence-electron chi connectivity index (χ1n) is 14.7. The molecule has 0 unspecified atom stereocenters. The molecule has 0 aliphatic carbocycles. The van der Waals surface area contributed by atoms with Crippen molar-refractivity contribution in [2.75, 3.05) is 79.3 Å². The lowest BCUT2D eigenvalue weighted by atomic mass is 10.0. The van der Waals surface area contributed by atoms with Crippen LogP contribution in [-0.2, 0) is 39.6 Å². The van der Waals surface area contributed by atoms with E-state index in [9.17, 15) is 9.90 Å². The van der Waals surface area contributed by atoms with Crippen LogP contribution in [0, 0.1) is 0 Å². The van der Waals surface area contributed by atoms with Crippen molar-refractivity contribution in [3.63, 3.8) is 0 Å². The molecule has 0 saturated carbocycles. The Bertz CT molecular complexity index is 769. The molecular weight excluding hydrogens is 516 g/mol. The molecule has 0 aromatic heterocycles. The summed E-state index contributed by atoms with van der Waals surface area (Å²) in [6, 6.07) is 5.43. The molecule has 1 N–H and O–H groups in total. The van der Waals surface area contributed by atoms with E-state index in [0.29, 0.717) is 84.0 Å². The number of phenols is 1. The van der Waals surface area contributed by atoms with E-state index in [2.05, 4.69) is 13.5 Å². The average Bonchev–Trinajstić information content (AvgIpc) is 2.94. The fraction of sp³-hybridized carbons (Fsp3) is 0.710. The molecule has 0 aliphatic rings. The average molecular weight is 569 g/mol.